The van der Waals surface area contributed by atoms with E-state index in [1.165, 1.54) is 52.3 Å². The lowest BCUT2D eigenvalue weighted by Gasteiger charge is -2.38. The van der Waals surface area contributed by atoms with E-state index in [1.54, 1.807) is 14.0 Å². The summed E-state index contributed by atoms with van der Waals surface area (Å²) in [6.45, 7) is 3.53. The van der Waals surface area contributed by atoms with Crippen LogP contribution in [0.5, 0.6) is 5.75 Å². The molecule has 0 aliphatic carbocycles. The highest BCUT2D eigenvalue weighted by Gasteiger charge is 2.34. The summed E-state index contributed by atoms with van der Waals surface area (Å²) in [5.41, 5.74) is 0.548. The molecule has 3 atom stereocenters. The van der Waals surface area contributed by atoms with E-state index in [9.17, 15) is 31.9 Å². The van der Waals surface area contributed by atoms with E-state index >= 15 is 0 Å². The summed E-state index contributed by atoms with van der Waals surface area (Å²) in [7, 11) is -2.52. The predicted molar refractivity (Wildman–Crippen MR) is 153 cm³/mol. The molecule has 0 bridgehead atoms. The van der Waals surface area contributed by atoms with Crippen LogP contribution in [0.15, 0.2) is 71.6 Å². The highest BCUT2D eigenvalue weighted by molar-refractivity contribution is 7.92. The van der Waals surface area contributed by atoms with Crippen molar-refractivity contribution in [2.75, 3.05) is 36.8 Å². The van der Waals surface area contributed by atoms with Gasteiger partial charge in [0.15, 0.2) is 0 Å². The normalized spacial score (nSPS) is 17.8. The molecule has 42 heavy (non-hydrogen) atoms. The Morgan fingerprint density at radius 2 is 1.67 bits per heavy atom. The highest BCUT2D eigenvalue weighted by atomic mass is 32.2. The molecule has 0 unspecified atom stereocenters. The van der Waals surface area contributed by atoms with Crippen LogP contribution in [0.4, 0.5) is 25.0 Å². The van der Waals surface area contributed by atoms with Crippen molar-refractivity contribution < 1.29 is 36.6 Å². The average Bonchev–Trinajstić information content (AvgIpc) is 2.96. The fourth-order valence-electron chi connectivity index (χ4n) is 4.44. The molecule has 3 N–H and O–H groups in total. The number of halogens is 2. The first-order valence-electron chi connectivity index (χ1n) is 13.2. The monoisotopic (exact) mass is 602 g/mol. The number of benzene rings is 3. The standard InChI is InChI=1S/C29H32F2N4O6S/c1-18-15-35(19(2)17-36)28(37)25-14-23(33-42(39,40)24-11-6-21(31)7-12-24)10-13-26(25)41-27(18)16-34(3)29(38)32-22-8-4-20(30)5-9-22/h4-14,18-19,27,33,36H,15-17H2,1-3H3,(H,32,38)/t18-,19+,27+/m0/s1. The minimum Gasteiger partial charge on any atom is -0.487 e. The zero-order chi connectivity index (χ0) is 30.6. The van der Waals surface area contributed by atoms with E-state index in [2.05, 4.69) is 10.0 Å². The first kappa shape index (κ1) is 30.7. The second kappa shape index (κ2) is 12.7. The number of nitrogens with zero attached hydrogens (tertiary/aromatic N) is 2. The molecule has 0 aromatic heterocycles. The summed E-state index contributed by atoms with van der Waals surface area (Å²) < 4.78 is 60.9. The van der Waals surface area contributed by atoms with Crippen LogP contribution in [0.2, 0.25) is 0 Å². The van der Waals surface area contributed by atoms with E-state index in [4.69, 9.17) is 4.74 Å². The number of aliphatic hydroxyl groups excluding tert-OH is 1. The van der Waals surface area contributed by atoms with Gasteiger partial charge in [-0.25, -0.2) is 22.0 Å². The van der Waals surface area contributed by atoms with Crippen LogP contribution in [0, 0.1) is 17.6 Å². The van der Waals surface area contributed by atoms with Crippen LogP contribution >= 0.6 is 0 Å². The lowest BCUT2D eigenvalue weighted by atomic mass is 9.99. The largest absolute Gasteiger partial charge is 0.487 e. The lowest BCUT2D eigenvalue weighted by molar-refractivity contribution is 0.0371. The molecule has 0 spiro atoms. The van der Waals surface area contributed by atoms with Crippen LogP contribution in [0.1, 0.15) is 24.2 Å². The molecule has 1 heterocycles. The summed E-state index contributed by atoms with van der Waals surface area (Å²) in [6.07, 6.45) is -0.601. The average molecular weight is 603 g/mol. The second-order valence-corrected chi connectivity index (χ2v) is 11.9. The molecule has 0 saturated heterocycles. The van der Waals surface area contributed by atoms with Crippen molar-refractivity contribution in [2.45, 2.75) is 30.9 Å². The first-order valence-corrected chi connectivity index (χ1v) is 14.6. The van der Waals surface area contributed by atoms with Crippen LogP contribution in [0.25, 0.3) is 0 Å². The molecular weight excluding hydrogens is 570 g/mol. The van der Waals surface area contributed by atoms with Gasteiger partial charge in [0, 0.05) is 30.9 Å². The maximum Gasteiger partial charge on any atom is 0.321 e. The molecule has 0 radical (unpaired) electrons. The number of carbonyl (C=O) groups is 2. The van der Waals surface area contributed by atoms with Crippen LogP contribution in [-0.2, 0) is 10.0 Å². The minimum absolute atomic E-state index is 0.0601. The quantitative estimate of drug-likeness (QED) is 0.356. The van der Waals surface area contributed by atoms with E-state index in [0.717, 1.165) is 24.3 Å². The van der Waals surface area contributed by atoms with Gasteiger partial charge in [-0.1, -0.05) is 6.92 Å². The Morgan fingerprint density at radius 3 is 2.29 bits per heavy atom. The number of carbonyl (C=O) groups excluding carboxylic acids is 2. The Kier molecular flexibility index (Phi) is 9.32. The van der Waals surface area contributed by atoms with Gasteiger partial charge >= 0.3 is 6.03 Å². The molecular formula is C29H32F2N4O6S. The molecule has 3 amide bonds. The number of fused-ring (bicyclic) bond motifs is 1. The number of aliphatic hydroxyl groups is 1. The van der Waals surface area contributed by atoms with Gasteiger partial charge in [0.1, 0.15) is 23.5 Å². The highest BCUT2D eigenvalue weighted by Crippen LogP contribution is 2.31. The summed E-state index contributed by atoms with van der Waals surface area (Å²) in [5.74, 6) is -1.60. The number of likely N-dealkylation sites (N-methyl/N-ethyl adjacent to an activating group) is 1. The summed E-state index contributed by atoms with van der Waals surface area (Å²) >= 11 is 0. The maximum atomic E-state index is 13.6. The van der Waals surface area contributed by atoms with Gasteiger partial charge in [0.2, 0.25) is 0 Å². The van der Waals surface area contributed by atoms with Gasteiger partial charge in [-0.05, 0) is 73.7 Å². The maximum absolute atomic E-state index is 13.6. The Bertz CT molecular complexity index is 1540. The number of amides is 3. The van der Waals surface area contributed by atoms with Gasteiger partial charge in [-0.15, -0.1) is 0 Å². The molecule has 3 aromatic carbocycles. The fourth-order valence-corrected chi connectivity index (χ4v) is 5.49. The molecule has 4 rings (SSSR count). The molecule has 1 aliphatic heterocycles. The number of nitrogens with one attached hydrogen (secondary N) is 2. The molecule has 224 valence electrons. The number of ether oxygens (including phenoxy) is 1. The number of rotatable bonds is 8. The molecule has 10 nitrogen and oxygen atoms in total. The van der Waals surface area contributed by atoms with Crippen molar-refractivity contribution in [3.8, 4) is 5.75 Å². The Morgan fingerprint density at radius 1 is 1.07 bits per heavy atom. The molecule has 3 aromatic rings. The van der Waals surface area contributed by atoms with Gasteiger partial charge < -0.3 is 25.0 Å². The molecule has 0 saturated carbocycles. The third-order valence-corrected chi connectivity index (χ3v) is 8.33. The molecule has 1 aliphatic rings. The third-order valence-electron chi connectivity index (χ3n) is 6.94. The second-order valence-electron chi connectivity index (χ2n) is 10.2. The summed E-state index contributed by atoms with van der Waals surface area (Å²) in [6, 6.07) is 12.9. The predicted octanol–water partition coefficient (Wildman–Crippen LogP) is 4.15. The first-order chi connectivity index (χ1) is 19.9. The lowest BCUT2D eigenvalue weighted by Crippen LogP contribution is -2.50. The van der Waals surface area contributed by atoms with Crippen molar-refractivity contribution in [2.24, 2.45) is 5.92 Å². The molecule has 13 heteroatoms. The van der Waals surface area contributed by atoms with Crippen molar-refractivity contribution in [1.29, 1.82) is 0 Å². The number of sulfonamides is 1. The number of urea groups is 1. The van der Waals surface area contributed by atoms with Crippen molar-refractivity contribution in [3.63, 3.8) is 0 Å². The number of hydrogen-bond donors (Lipinski definition) is 3. The fraction of sp³-hybridized carbons (Fsp3) is 0.310. The topological polar surface area (TPSA) is 128 Å². The van der Waals surface area contributed by atoms with Gasteiger partial charge in [-0.3, -0.25) is 9.52 Å². The Balaban J connectivity index is 1.61. The van der Waals surface area contributed by atoms with E-state index in [0.29, 0.717) is 5.69 Å². The van der Waals surface area contributed by atoms with E-state index in [-0.39, 0.29) is 47.5 Å². The van der Waals surface area contributed by atoms with Crippen LogP contribution in [-0.4, -0.2) is 74.2 Å². The van der Waals surface area contributed by atoms with Crippen LogP contribution < -0.4 is 14.8 Å². The summed E-state index contributed by atoms with van der Waals surface area (Å²) in [4.78, 5) is 29.2. The van der Waals surface area contributed by atoms with Crippen molar-refractivity contribution >= 4 is 33.3 Å². The minimum atomic E-state index is -4.09. The smallest absolute Gasteiger partial charge is 0.321 e. The third kappa shape index (κ3) is 7.15. The number of anilines is 2. The molecule has 0 fully saturated rings. The van der Waals surface area contributed by atoms with Gasteiger partial charge in [0.25, 0.3) is 15.9 Å². The number of hydrogen-bond acceptors (Lipinski definition) is 6. The zero-order valence-corrected chi connectivity index (χ0v) is 24.1. The summed E-state index contributed by atoms with van der Waals surface area (Å²) in [5, 5.41) is 12.6. The van der Waals surface area contributed by atoms with Crippen molar-refractivity contribution in [3.05, 3.63) is 83.9 Å². The van der Waals surface area contributed by atoms with E-state index < -0.39 is 45.7 Å². The van der Waals surface area contributed by atoms with E-state index in [1.807, 2.05) is 6.92 Å². The zero-order valence-electron chi connectivity index (χ0n) is 23.3. The van der Waals surface area contributed by atoms with Gasteiger partial charge in [-0.2, -0.15) is 0 Å². The SMILES string of the molecule is C[C@H](CO)N1C[C@H](C)[C@@H](CN(C)C(=O)Nc2ccc(F)cc2)Oc2ccc(NS(=O)(=O)c3ccc(F)cc3)cc2C1=O. The van der Waals surface area contributed by atoms with Crippen LogP contribution in [0.3, 0.4) is 0 Å². The Hall–Kier alpha value is -4.23. The van der Waals surface area contributed by atoms with Crippen molar-refractivity contribution in [1.82, 2.24) is 9.80 Å². The Labute approximate surface area is 242 Å². The van der Waals surface area contributed by atoms with Gasteiger partial charge in [0.05, 0.1) is 29.7 Å².